The van der Waals surface area contributed by atoms with Gasteiger partial charge in [-0.05, 0) is 31.2 Å². The first-order chi connectivity index (χ1) is 10.8. The molecule has 0 spiro atoms. The van der Waals surface area contributed by atoms with Crippen LogP contribution in [0.25, 0.3) is 0 Å². The van der Waals surface area contributed by atoms with E-state index in [1.807, 2.05) is 23.3 Å². The van der Waals surface area contributed by atoms with Gasteiger partial charge in [0.05, 0.1) is 12.2 Å². The zero-order chi connectivity index (χ0) is 15.4. The fourth-order valence-electron chi connectivity index (χ4n) is 3.20. The minimum absolute atomic E-state index is 0.113. The van der Waals surface area contributed by atoms with E-state index in [0.29, 0.717) is 6.04 Å². The molecule has 120 valence electrons. The molecule has 2 aliphatic heterocycles. The van der Waals surface area contributed by atoms with Crippen LogP contribution in [0.2, 0.25) is 0 Å². The number of aromatic nitrogens is 1. The largest absolute Gasteiger partial charge is 0.380 e. The Hall–Kier alpha value is -1.11. The predicted molar refractivity (Wildman–Crippen MR) is 87.3 cm³/mol. The Balaban J connectivity index is 1.66. The molecule has 0 aliphatic carbocycles. The van der Waals surface area contributed by atoms with Crippen LogP contribution in [0.3, 0.4) is 0 Å². The summed E-state index contributed by atoms with van der Waals surface area (Å²) in [5.41, 5.74) is 0.729. The molecule has 0 aromatic carbocycles. The molecule has 2 saturated heterocycles. The summed E-state index contributed by atoms with van der Waals surface area (Å²) in [6, 6.07) is 4.26. The maximum atomic E-state index is 12.8. The lowest BCUT2D eigenvalue weighted by atomic mass is 10.2. The van der Waals surface area contributed by atoms with Crippen LogP contribution in [-0.4, -0.2) is 72.4 Å². The third-order valence-electron chi connectivity index (χ3n) is 4.43. The van der Waals surface area contributed by atoms with Crippen molar-refractivity contribution in [2.75, 3.05) is 45.6 Å². The van der Waals surface area contributed by atoms with Gasteiger partial charge in [-0.25, -0.2) is 4.98 Å². The molecule has 3 heterocycles. The topological polar surface area (TPSA) is 45.7 Å². The van der Waals surface area contributed by atoms with Crippen LogP contribution in [0.4, 0.5) is 0 Å². The number of ether oxygens (including phenoxy) is 1. The van der Waals surface area contributed by atoms with E-state index < -0.39 is 0 Å². The summed E-state index contributed by atoms with van der Waals surface area (Å²) in [5, 5.41) is 0.817. The number of hydrogen-bond acceptors (Lipinski definition) is 5. The number of nitrogens with zero attached hydrogens (tertiary/aromatic N) is 3. The average Bonchev–Trinajstić information content (AvgIpc) is 2.99. The molecule has 1 unspecified atom stereocenters. The third kappa shape index (κ3) is 3.45. The summed E-state index contributed by atoms with van der Waals surface area (Å²) in [7, 11) is 0. The van der Waals surface area contributed by atoms with Crippen molar-refractivity contribution in [3.8, 4) is 0 Å². The van der Waals surface area contributed by atoms with Gasteiger partial charge in [0.1, 0.15) is 5.03 Å². The van der Waals surface area contributed by atoms with Crippen LogP contribution in [0.5, 0.6) is 0 Å². The molecule has 0 radical (unpaired) electrons. The summed E-state index contributed by atoms with van der Waals surface area (Å²) in [6.07, 6.45) is 5.85. The molecular weight excluding hydrogens is 298 g/mol. The van der Waals surface area contributed by atoms with Gasteiger partial charge < -0.3 is 9.64 Å². The van der Waals surface area contributed by atoms with Crippen molar-refractivity contribution in [2.45, 2.75) is 23.9 Å². The molecule has 6 heteroatoms. The van der Waals surface area contributed by atoms with Crippen LogP contribution in [0.15, 0.2) is 23.4 Å². The van der Waals surface area contributed by atoms with Gasteiger partial charge in [0.15, 0.2) is 0 Å². The maximum absolute atomic E-state index is 12.8. The summed E-state index contributed by atoms with van der Waals surface area (Å²) >= 11 is 1.53. The Morgan fingerprint density at radius 3 is 3.05 bits per heavy atom. The molecule has 0 N–H and O–H groups in total. The molecule has 1 aromatic heterocycles. The van der Waals surface area contributed by atoms with E-state index >= 15 is 0 Å². The van der Waals surface area contributed by atoms with Gasteiger partial charge in [0.2, 0.25) is 0 Å². The lowest BCUT2D eigenvalue weighted by molar-refractivity contribution is 0.0752. The van der Waals surface area contributed by atoms with Crippen LogP contribution < -0.4 is 0 Å². The fraction of sp³-hybridized carbons (Fsp3) is 0.625. The van der Waals surface area contributed by atoms with Crippen molar-refractivity contribution in [3.05, 3.63) is 23.9 Å². The van der Waals surface area contributed by atoms with E-state index in [1.165, 1.54) is 11.8 Å². The van der Waals surface area contributed by atoms with E-state index in [1.54, 1.807) is 6.20 Å². The Bertz CT molecular complexity index is 520. The highest BCUT2D eigenvalue weighted by Gasteiger charge is 2.27. The number of rotatable bonds is 3. The number of amides is 1. The van der Waals surface area contributed by atoms with Crippen molar-refractivity contribution < 1.29 is 9.53 Å². The van der Waals surface area contributed by atoms with Crippen molar-refractivity contribution in [1.82, 2.24) is 14.8 Å². The lowest BCUT2D eigenvalue weighted by Gasteiger charge is -2.26. The van der Waals surface area contributed by atoms with Crippen molar-refractivity contribution in [1.29, 1.82) is 0 Å². The van der Waals surface area contributed by atoms with Gasteiger partial charge >= 0.3 is 0 Å². The van der Waals surface area contributed by atoms with Gasteiger partial charge in [0.25, 0.3) is 5.91 Å². The third-order valence-corrected chi connectivity index (χ3v) is 5.15. The van der Waals surface area contributed by atoms with E-state index in [0.717, 1.165) is 62.8 Å². The van der Waals surface area contributed by atoms with Gasteiger partial charge in [0, 0.05) is 45.0 Å². The molecule has 0 saturated carbocycles. The number of pyridine rings is 1. The quantitative estimate of drug-likeness (QED) is 0.794. The average molecular weight is 321 g/mol. The molecule has 2 aliphatic rings. The van der Waals surface area contributed by atoms with Gasteiger partial charge in [-0.1, -0.05) is 0 Å². The molecule has 0 bridgehead atoms. The minimum atomic E-state index is 0.113. The van der Waals surface area contributed by atoms with Gasteiger partial charge in [-0.15, -0.1) is 11.8 Å². The van der Waals surface area contributed by atoms with E-state index in [9.17, 15) is 4.79 Å². The molecule has 1 amide bonds. The Labute approximate surface area is 136 Å². The number of thioether (sulfide) groups is 1. The highest BCUT2D eigenvalue weighted by Crippen LogP contribution is 2.20. The summed E-state index contributed by atoms with van der Waals surface area (Å²) in [6.45, 7) is 5.32. The molecular formula is C16H23N3O2S. The van der Waals surface area contributed by atoms with Crippen LogP contribution in [0, 0.1) is 0 Å². The molecule has 1 atom stereocenters. The lowest BCUT2D eigenvalue weighted by Crippen LogP contribution is -2.40. The molecule has 3 rings (SSSR count). The zero-order valence-electron chi connectivity index (χ0n) is 13.0. The molecule has 5 nitrogen and oxygen atoms in total. The number of hydrogen-bond donors (Lipinski definition) is 0. The van der Waals surface area contributed by atoms with E-state index in [-0.39, 0.29) is 5.91 Å². The smallest absolute Gasteiger partial charge is 0.256 e. The highest BCUT2D eigenvalue weighted by molar-refractivity contribution is 7.98. The Morgan fingerprint density at radius 2 is 2.27 bits per heavy atom. The summed E-state index contributed by atoms with van der Waals surface area (Å²) in [4.78, 5) is 21.6. The Kier molecular flexibility index (Phi) is 5.33. The standard InChI is InChI=1S/C16H23N3O2S/c1-22-15-14(4-2-6-17-15)16(20)19-8-3-7-18(9-10-19)13-5-11-21-12-13/h2,4,6,13H,3,5,7-12H2,1H3. The maximum Gasteiger partial charge on any atom is 0.256 e. The van der Waals surface area contributed by atoms with Crippen LogP contribution in [0.1, 0.15) is 23.2 Å². The molecule has 2 fully saturated rings. The SMILES string of the molecule is CSc1ncccc1C(=O)N1CCCN(C2CCOC2)CC1. The molecule has 1 aromatic rings. The monoisotopic (exact) mass is 321 g/mol. The number of carbonyl (C=O) groups is 1. The normalized spacial score (nSPS) is 23.5. The highest BCUT2D eigenvalue weighted by atomic mass is 32.2. The van der Waals surface area contributed by atoms with Crippen molar-refractivity contribution >= 4 is 17.7 Å². The summed E-state index contributed by atoms with van der Waals surface area (Å²) < 4.78 is 5.49. The van der Waals surface area contributed by atoms with Crippen LogP contribution >= 0.6 is 11.8 Å². The van der Waals surface area contributed by atoms with Gasteiger partial charge in [-0.2, -0.15) is 0 Å². The van der Waals surface area contributed by atoms with E-state index in [4.69, 9.17) is 4.74 Å². The van der Waals surface area contributed by atoms with E-state index in [2.05, 4.69) is 9.88 Å². The number of carbonyl (C=O) groups excluding carboxylic acids is 1. The second kappa shape index (κ2) is 7.44. The van der Waals surface area contributed by atoms with Gasteiger partial charge in [-0.3, -0.25) is 9.69 Å². The predicted octanol–water partition coefficient (Wildman–Crippen LogP) is 1.74. The first-order valence-electron chi connectivity index (χ1n) is 7.89. The second-order valence-electron chi connectivity index (χ2n) is 5.76. The summed E-state index contributed by atoms with van der Waals surface area (Å²) in [5.74, 6) is 0.113. The van der Waals surface area contributed by atoms with Crippen LogP contribution in [-0.2, 0) is 4.74 Å². The van der Waals surface area contributed by atoms with Crippen molar-refractivity contribution in [3.63, 3.8) is 0 Å². The first-order valence-corrected chi connectivity index (χ1v) is 9.12. The molecule has 22 heavy (non-hydrogen) atoms. The minimum Gasteiger partial charge on any atom is -0.380 e. The fourth-order valence-corrected chi connectivity index (χ4v) is 3.74. The second-order valence-corrected chi connectivity index (χ2v) is 6.55. The zero-order valence-corrected chi connectivity index (χ0v) is 13.8. The van der Waals surface area contributed by atoms with Crippen molar-refractivity contribution in [2.24, 2.45) is 0 Å². The first kappa shape index (κ1) is 15.8. The Morgan fingerprint density at radius 1 is 1.36 bits per heavy atom.